The summed E-state index contributed by atoms with van der Waals surface area (Å²) in [6.45, 7) is 5.04. The van der Waals surface area contributed by atoms with E-state index in [9.17, 15) is 0 Å². The largest absolute Gasteiger partial charge is 0.273 e. The van der Waals surface area contributed by atoms with E-state index in [1.807, 2.05) is 10.9 Å². The summed E-state index contributed by atoms with van der Waals surface area (Å²) in [5.74, 6) is 5.70. The van der Waals surface area contributed by atoms with Gasteiger partial charge in [-0.3, -0.25) is 16.0 Å². The predicted octanol–water partition coefficient (Wildman–Crippen LogP) is 2.72. The molecule has 1 aromatic heterocycles. The fourth-order valence-corrected chi connectivity index (χ4v) is 2.78. The molecule has 2 aromatic rings. The summed E-state index contributed by atoms with van der Waals surface area (Å²) in [6, 6.07) is 6.43. The Morgan fingerprint density at radius 2 is 2.21 bits per heavy atom. The molecular weight excluding hydrogens is 304 g/mol. The molecule has 1 atom stereocenters. The summed E-state index contributed by atoms with van der Waals surface area (Å²) in [5.41, 5.74) is 6.47. The molecule has 0 radical (unpaired) electrons. The highest BCUT2D eigenvalue weighted by molar-refractivity contribution is 9.10. The molecule has 0 bridgehead atoms. The maximum Gasteiger partial charge on any atom is 0.0522 e. The van der Waals surface area contributed by atoms with Crippen molar-refractivity contribution in [2.24, 2.45) is 5.84 Å². The normalized spacial score (nSPS) is 12.6. The Hall–Kier alpha value is -1.17. The zero-order valence-electron chi connectivity index (χ0n) is 11.2. The molecular formula is C14H19BrN4. The van der Waals surface area contributed by atoms with Gasteiger partial charge in [-0.05, 0) is 49.1 Å². The quantitative estimate of drug-likeness (QED) is 0.657. The van der Waals surface area contributed by atoms with Crippen LogP contribution in [0.25, 0.3) is 0 Å². The van der Waals surface area contributed by atoms with Crippen LogP contribution in [0.15, 0.2) is 35.1 Å². The standard InChI is InChI=1S/C14H19BrN4/c1-3-19-9-11(8-17-19)6-14(18-16)12-4-10(2)5-13(15)7-12/h4-5,7-9,14,18H,3,6,16H2,1-2H3. The van der Waals surface area contributed by atoms with Gasteiger partial charge < -0.3 is 0 Å². The van der Waals surface area contributed by atoms with Crippen LogP contribution in [0.3, 0.4) is 0 Å². The Morgan fingerprint density at radius 3 is 2.79 bits per heavy atom. The molecule has 19 heavy (non-hydrogen) atoms. The van der Waals surface area contributed by atoms with E-state index in [1.54, 1.807) is 0 Å². The highest BCUT2D eigenvalue weighted by atomic mass is 79.9. The minimum Gasteiger partial charge on any atom is -0.273 e. The zero-order chi connectivity index (χ0) is 13.8. The summed E-state index contributed by atoms with van der Waals surface area (Å²) >= 11 is 3.53. The Morgan fingerprint density at radius 1 is 1.42 bits per heavy atom. The second-order valence-electron chi connectivity index (χ2n) is 4.69. The molecule has 0 aliphatic rings. The fourth-order valence-electron chi connectivity index (χ4n) is 2.16. The Balaban J connectivity index is 2.19. The topological polar surface area (TPSA) is 55.9 Å². The van der Waals surface area contributed by atoms with Crippen LogP contribution < -0.4 is 11.3 Å². The molecule has 0 saturated carbocycles. The van der Waals surface area contributed by atoms with E-state index in [-0.39, 0.29) is 6.04 Å². The van der Waals surface area contributed by atoms with Crippen molar-refractivity contribution >= 4 is 15.9 Å². The first-order valence-corrected chi connectivity index (χ1v) is 7.16. The summed E-state index contributed by atoms with van der Waals surface area (Å²) in [4.78, 5) is 0. The maximum atomic E-state index is 5.70. The SMILES string of the molecule is CCn1cc(CC(NN)c2cc(C)cc(Br)c2)cn1. The van der Waals surface area contributed by atoms with E-state index < -0.39 is 0 Å². The van der Waals surface area contributed by atoms with E-state index >= 15 is 0 Å². The van der Waals surface area contributed by atoms with E-state index in [4.69, 9.17) is 5.84 Å². The van der Waals surface area contributed by atoms with Crippen LogP contribution in [0.1, 0.15) is 29.7 Å². The first-order valence-electron chi connectivity index (χ1n) is 6.37. The Bertz CT molecular complexity index is 530. The molecule has 3 N–H and O–H groups in total. The highest BCUT2D eigenvalue weighted by Crippen LogP contribution is 2.23. The molecule has 1 heterocycles. The van der Waals surface area contributed by atoms with Crippen LogP contribution in [0.4, 0.5) is 0 Å². The summed E-state index contributed by atoms with van der Waals surface area (Å²) < 4.78 is 3.00. The van der Waals surface area contributed by atoms with Gasteiger partial charge in [0.25, 0.3) is 0 Å². The molecule has 0 aliphatic heterocycles. The first-order chi connectivity index (χ1) is 9.12. The van der Waals surface area contributed by atoms with Gasteiger partial charge in [-0.25, -0.2) is 0 Å². The third kappa shape index (κ3) is 3.65. The number of nitrogens with zero attached hydrogens (tertiary/aromatic N) is 2. The van der Waals surface area contributed by atoms with Gasteiger partial charge in [0.15, 0.2) is 0 Å². The second-order valence-corrected chi connectivity index (χ2v) is 5.61. The average molecular weight is 323 g/mol. The number of halogens is 1. The Labute approximate surface area is 122 Å². The van der Waals surface area contributed by atoms with Gasteiger partial charge in [0.1, 0.15) is 0 Å². The molecule has 0 saturated heterocycles. The maximum absolute atomic E-state index is 5.70. The number of nitrogens with one attached hydrogen (secondary N) is 1. The number of rotatable bonds is 5. The molecule has 0 fully saturated rings. The number of nitrogens with two attached hydrogens (primary N) is 1. The van der Waals surface area contributed by atoms with Crippen molar-refractivity contribution in [3.63, 3.8) is 0 Å². The fraction of sp³-hybridized carbons (Fsp3) is 0.357. The number of hydrogen-bond acceptors (Lipinski definition) is 3. The minimum absolute atomic E-state index is 0.0886. The van der Waals surface area contributed by atoms with Crippen molar-refractivity contribution in [3.05, 3.63) is 51.8 Å². The number of aryl methyl sites for hydroxylation is 2. The summed E-state index contributed by atoms with van der Waals surface area (Å²) in [7, 11) is 0. The van der Waals surface area contributed by atoms with Crippen molar-refractivity contribution in [1.29, 1.82) is 0 Å². The van der Waals surface area contributed by atoms with Crippen molar-refractivity contribution in [2.75, 3.05) is 0 Å². The second kappa shape index (κ2) is 6.32. The third-order valence-corrected chi connectivity index (χ3v) is 3.58. The number of hydrogen-bond donors (Lipinski definition) is 2. The average Bonchev–Trinajstić information content (AvgIpc) is 2.82. The predicted molar refractivity (Wildman–Crippen MR) is 80.5 cm³/mol. The monoisotopic (exact) mass is 322 g/mol. The molecule has 1 unspecified atom stereocenters. The highest BCUT2D eigenvalue weighted by Gasteiger charge is 2.12. The van der Waals surface area contributed by atoms with Gasteiger partial charge >= 0.3 is 0 Å². The van der Waals surface area contributed by atoms with Crippen LogP contribution in [0, 0.1) is 6.92 Å². The summed E-state index contributed by atoms with van der Waals surface area (Å²) in [5, 5.41) is 4.29. The van der Waals surface area contributed by atoms with E-state index in [2.05, 4.69) is 64.7 Å². The van der Waals surface area contributed by atoms with Crippen molar-refractivity contribution < 1.29 is 0 Å². The molecule has 0 spiro atoms. The molecule has 0 aliphatic carbocycles. The summed E-state index contributed by atoms with van der Waals surface area (Å²) in [6.07, 6.45) is 4.79. The smallest absolute Gasteiger partial charge is 0.0522 e. The zero-order valence-corrected chi connectivity index (χ0v) is 12.8. The van der Waals surface area contributed by atoms with Gasteiger partial charge in [-0.1, -0.05) is 22.0 Å². The van der Waals surface area contributed by atoms with Crippen LogP contribution in [-0.4, -0.2) is 9.78 Å². The van der Waals surface area contributed by atoms with Crippen molar-refractivity contribution in [2.45, 2.75) is 32.9 Å². The lowest BCUT2D eigenvalue weighted by Crippen LogP contribution is -2.29. The lowest BCUT2D eigenvalue weighted by Gasteiger charge is -2.16. The first kappa shape index (κ1) is 14.2. The number of aromatic nitrogens is 2. The number of hydrazine groups is 1. The third-order valence-electron chi connectivity index (χ3n) is 3.12. The van der Waals surface area contributed by atoms with Crippen LogP contribution >= 0.6 is 15.9 Å². The van der Waals surface area contributed by atoms with E-state index in [1.165, 1.54) is 16.7 Å². The minimum atomic E-state index is 0.0886. The van der Waals surface area contributed by atoms with Crippen molar-refractivity contribution in [3.8, 4) is 0 Å². The van der Waals surface area contributed by atoms with Crippen molar-refractivity contribution in [1.82, 2.24) is 15.2 Å². The molecule has 2 rings (SSSR count). The Kier molecular flexibility index (Phi) is 4.74. The van der Waals surface area contributed by atoms with Gasteiger partial charge in [0, 0.05) is 17.2 Å². The lowest BCUT2D eigenvalue weighted by atomic mass is 10.00. The molecule has 1 aromatic carbocycles. The number of benzene rings is 1. The van der Waals surface area contributed by atoms with E-state index in [0.717, 1.165) is 17.4 Å². The van der Waals surface area contributed by atoms with Gasteiger partial charge in [-0.15, -0.1) is 0 Å². The van der Waals surface area contributed by atoms with Gasteiger partial charge in [0.05, 0.1) is 12.2 Å². The molecule has 102 valence electrons. The van der Waals surface area contributed by atoms with Crippen LogP contribution in [0.5, 0.6) is 0 Å². The molecule has 0 amide bonds. The molecule has 5 heteroatoms. The van der Waals surface area contributed by atoms with Crippen LogP contribution in [-0.2, 0) is 13.0 Å². The molecule has 4 nitrogen and oxygen atoms in total. The lowest BCUT2D eigenvalue weighted by molar-refractivity contribution is 0.551. The van der Waals surface area contributed by atoms with Gasteiger partial charge in [-0.2, -0.15) is 5.10 Å². The van der Waals surface area contributed by atoms with E-state index in [0.29, 0.717) is 0 Å². The van der Waals surface area contributed by atoms with Gasteiger partial charge in [0.2, 0.25) is 0 Å². The van der Waals surface area contributed by atoms with Crippen LogP contribution in [0.2, 0.25) is 0 Å².